The van der Waals surface area contributed by atoms with Crippen molar-refractivity contribution >= 4 is 0 Å². The zero-order chi connectivity index (χ0) is 20.1. The molecule has 0 unspecified atom stereocenters. The minimum absolute atomic E-state index is 0.130. The van der Waals surface area contributed by atoms with E-state index >= 15 is 0 Å². The molecular formula is C21H31FN4O2. The van der Waals surface area contributed by atoms with Crippen LogP contribution >= 0.6 is 0 Å². The molecule has 1 atom stereocenters. The lowest BCUT2D eigenvalue weighted by Crippen LogP contribution is -2.52. The molecule has 0 radical (unpaired) electrons. The first-order chi connectivity index (χ1) is 13.5. The lowest BCUT2D eigenvalue weighted by atomic mass is 10.1. The Labute approximate surface area is 166 Å². The Hall–Kier alpha value is -1.96. The number of hydrogen-bond acceptors (Lipinski definition) is 5. The summed E-state index contributed by atoms with van der Waals surface area (Å²) < 4.78 is 21.4. The van der Waals surface area contributed by atoms with E-state index in [1.807, 2.05) is 10.9 Å². The zero-order valence-electron chi connectivity index (χ0n) is 17.0. The van der Waals surface area contributed by atoms with Crippen LogP contribution in [0, 0.1) is 5.82 Å². The van der Waals surface area contributed by atoms with Gasteiger partial charge in [0.05, 0.1) is 13.3 Å². The van der Waals surface area contributed by atoms with E-state index in [9.17, 15) is 9.50 Å². The molecule has 1 fully saturated rings. The normalized spacial score (nSPS) is 18.7. The van der Waals surface area contributed by atoms with Crippen molar-refractivity contribution in [2.45, 2.75) is 45.4 Å². The average molecular weight is 391 g/mol. The van der Waals surface area contributed by atoms with E-state index < -0.39 is 0 Å². The first-order valence-corrected chi connectivity index (χ1v) is 9.93. The van der Waals surface area contributed by atoms with Gasteiger partial charge in [0.2, 0.25) is 0 Å². The minimum atomic E-state index is -0.245. The van der Waals surface area contributed by atoms with Gasteiger partial charge < -0.3 is 9.84 Å². The number of aromatic nitrogens is 2. The standard InChI is InChI=1S/C21H31FN4O2/c1-16(2)26-13-17(11-23-26)12-24-7-8-25(19(15-24)6-9-27)14-18-4-5-20(28-3)10-21(18)22/h4-5,10-11,13,16,19,27H,6-9,12,14-15H2,1-3H3/t19-/m0/s1. The third kappa shape index (κ3) is 5.10. The highest BCUT2D eigenvalue weighted by atomic mass is 19.1. The van der Waals surface area contributed by atoms with Gasteiger partial charge in [-0.3, -0.25) is 14.5 Å². The van der Waals surface area contributed by atoms with Crippen LogP contribution in [0.1, 0.15) is 37.4 Å². The Kier molecular flexibility index (Phi) is 7.04. The third-order valence-electron chi connectivity index (χ3n) is 5.38. The highest BCUT2D eigenvalue weighted by Crippen LogP contribution is 2.22. The van der Waals surface area contributed by atoms with E-state index in [0.29, 0.717) is 30.3 Å². The second kappa shape index (κ2) is 9.49. The summed E-state index contributed by atoms with van der Waals surface area (Å²) in [4.78, 5) is 4.66. The number of benzene rings is 1. The quantitative estimate of drug-likeness (QED) is 0.751. The van der Waals surface area contributed by atoms with Gasteiger partial charge in [0.1, 0.15) is 11.6 Å². The predicted octanol–water partition coefficient (Wildman–Crippen LogP) is 2.68. The molecule has 1 aliphatic rings. The number of rotatable bonds is 8. The summed E-state index contributed by atoms with van der Waals surface area (Å²) in [7, 11) is 1.54. The number of ether oxygens (including phenoxy) is 1. The average Bonchev–Trinajstić information content (AvgIpc) is 3.14. The topological polar surface area (TPSA) is 53.8 Å². The summed E-state index contributed by atoms with van der Waals surface area (Å²) in [6.07, 6.45) is 4.71. The Morgan fingerprint density at radius 3 is 2.75 bits per heavy atom. The predicted molar refractivity (Wildman–Crippen MR) is 107 cm³/mol. The van der Waals surface area contributed by atoms with Gasteiger partial charge in [-0.05, 0) is 26.3 Å². The second-order valence-corrected chi connectivity index (χ2v) is 7.75. The fourth-order valence-electron chi connectivity index (χ4n) is 3.73. The second-order valence-electron chi connectivity index (χ2n) is 7.75. The molecule has 0 amide bonds. The SMILES string of the molecule is COc1ccc(CN2CCN(Cc3cnn(C(C)C)c3)C[C@@H]2CCO)c(F)c1. The highest BCUT2D eigenvalue weighted by molar-refractivity contribution is 5.29. The number of aliphatic hydroxyl groups is 1. The summed E-state index contributed by atoms with van der Waals surface area (Å²) in [5.74, 6) is 0.283. The zero-order valence-corrected chi connectivity index (χ0v) is 17.0. The largest absolute Gasteiger partial charge is 0.497 e. The lowest BCUT2D eigenvalue weighted by Gasteiger charge is -2.41. The van der Waals surface area contributed by atoms with E-state index in [4.69, 9.17) is 4.74 Å². The van der Waals surface area contributed by atoms with Crippen molar-refractivity contribution in [1.29, 1.82) is 0 Å². The van der Waals surface area contributed by atoms with Gasteiger partial charge in [0.25, 0.3) is 0 Å². The van der Waals surface area contributed by atoms with Gasteiger partial charge in [-0.1, -0.05) is 6.07 Å². The monoisotopic (exact) mass is 390 g/mol. The molecule has 2 aromatic rings. The molecule has 1 aromatic carbocycles. The van der Waals surface area contributed by atoms with Crippen molar-refractivity contribution in [3.05, 3.63) is 47.5 Å². The van der Waals surface area contributed by atoms with Crippen molar-refractivity contribution in [2.24, 2.45) is 0 Å². The van der Waals surface area contributed by atoms with E-state index in [1.54, 1.807) is 12.1 Å². The van der Waals surface area contributed by atoms with Gasteiger partial charge in [0.15, 0.2) is 0 Å². The maximum atomic E-state index is 14.4. The number of aliphatic hydroxyl groups excluding tert-OH is 1. The first kappa shape index (κ1) is 20.8. The van der Waals surface area contributed by atoms with Crippen molar-refractivity contribution in [2.75, 3.05) is 33.4 Å². The van der Waals surface area contributed by atoms with Crippen LogP contribution in [0.2, 0.25) is 0 Å². The molecular weight excluding hydrogens is 359 g/mol. The third-order valence-corrected chi connectivity index (χ3v) is 5.38. The Bertz CT molecular complexity index is 765. The molecule has 0 saturated carbocycles. The van der Waals surface area contributed by atoms with Crippen molar-refractivity contribution < 1.29 is 14.2 Å². The van der Waals surface area contributed by atoms with Crippen LogP contribution < -0.4 is 4.74 Å². The van der Waals surface area contributed by atoms with Crippen LogP contribution in [0.5, 0.6) is 5.75 Å². The summed E-state index contributed by atoms with van der Waals surface area (Å²) >= 11 is 0. The molecule has 7 heteroatoms. The van der Waals surface area contributed by atoms with Gasteiger partial charge in [-0.2, -0.15) is 5.10 Å². The minimum Gasteiger partial charge on any atom is -0.497 e. The van der Waals surface area contributed by atoms with Gasteiger partial charge in [-0.25, -0.2) is 4.39 Å². The molecule has 1 aliphatic heterocycles. The van der Waals surface area contributed by atoms with Crippen LogP contribution in [-0.4, -0.2) is 64.1 Å². The number of hydrogen-bond donors (Lipinski definition) is 1. The van der Waals surface area contributed by atoms with Gasteiger partial charge in [0, 0.05) is 74.8 Å². The van der Waals surface area contributed by atoms with E-state index in [0.717, 1.165) is 26.2 Å². The maximum absolute atomic E-state index is 14.4. The molecule has 3 rings (SSSR count). The summed E-state index contributed by atoms with van der Waals surface area (Å²) in [6.45, 7) is 8.35. The number of methoxy groups -OCH3 is 1. The summed E-state index contributed by atoms with van der Waals surface area (Å²) in [6, 6.07) is 5.56. The smallest absolute Gasteiger partial charge is 0.131 e. The van der Waals surface area contributed by atoms with Crippen molar-refractivity contribution in [3.63, 3.8) is 0 Å². The Morgan fingerprint density at radius 2 is 2.11 bits per heavy atom. The summed E-state index contributed by atoms with van der Waals surface area (Å²) in [5.41, 5.74) is 1.86. The van der Waals surface area contributed by atoms with Crippen molar-refractivity contribution in [3.8, 4) is 5.75 Å². The lowest BCUT2D eigenvalue weighted by molar-refractivity contribution is 0.0493. The Balaban J connectivity index is 1.63. The van der Waals surface area contributed by atoms with E-state index in [2.05, 4.69) is 34.9 Å². The van der Waals surface area contributed by atoms with E-state index in [-0.39, 0.29) is 18.5 Å². The van der Waals surface area contributed by atoms with Crippen molar-refractivity contribution in [1.82, 2.24) is 19.6 Å². The maximum Gasteiger partial charge on any atom is 0.131 e. The van der Waals surface area contributed by atoms with Gasteiger partial charge in [-0.15, -0.1) is 0 Å². The summed E-state index contributed by atoms with van der Waals surface area (Å²) in [5, 5.41) is 13.9. The molecule has 154 valence electrons. The fourth-order valence-corrected chi connectivity index (χ4v) is 3.73. The molecule has 1 saturated heterocycles. The highest BCUT2D eigenvalue weighted by Gasteiger charge is 2.27. The van der Waals surface area contributed by atoms with Crippen LogP contribution in [0.15, 0.2) is 30.6 Å². The molecule has 6 nitrogen and oxygen atoms in total. The number of nitrogens with zero attached hydrogens (tertiary/aromatic N) is 4. The number of halogens is 1. The molecule has 1 N–H and O–H groups in total. The molecule has 0 spiro atoms. The molecule has 0 bridgehead atoms. The van der Waals surface area contributed by atoms with Crippen LogP contribution in [0.25, 0.3) is 0 Å². The fraction of sp³-hybridized carbons (Fsp3) is 0.571. The molecule has 28 heavy (non-hydrogen) atoms. The van der Waals surface area contributed by atoms with Crippen LogP contribution in [0.3, 0.4) is 0 Å². The van der Waals surface area contributed by atoms with Crippen LogP contribution in [0.4, 0.5) is 4.39 Å². The van der Waals surface area contributed by atoms with E-state index in [1.165, 1.54) is 18.7 Å². The first-order valence-electron chi connectivity index (χ1n) is 9.93. The number of piperazine rings is 1. The van der Waals surface area contributed by atoms with Gasteiger partial charge >= 0.3 is 0 Å². The molecule has 0 aliphatic carbocycles. The molecule has 1 aromatic heterocycles. The Morgan fingerprint density at radius 1 is 1.29 bits per heavy atom. The molecule has 2 heterocycles. The van der Waals surface area contributed by atoms with Crippen LogP contribution in [-0.2, 0) is 13.1 Å².